The maximum absolute atomic E-state index is 11.7. The van der Waals surface area contributed by atoms with E-state index in [0.29, 0.717) is 11.8 Å². The SMILES string of the molecule is CC[C@@H](C)CC(=O)N1CCNCC1. The Morgan fingerprint density at radius 3 is 2.62 bits per heavy atom. The first-order valence-corrected chi connectivity index (χ1v) is 5.22. The van der Waals surface area contributed by atoms with Gasteiger partial charge in [-0.15, -0.1) is 0 Å². The minimum Gasteiger partial charge on any atom is -0.340 e. The van der Waals surface area contributed by atoms with Gasteiger partial charge in [-0.2, -0.15) is 0 Å². The van der Waals surface area contributed by atoms with Crippen molar-refractivity contribution in [3.8, 4) is 0 Å². The van der Waals surface area contributed by atoms with Crippen LogP contribution in [0, 0.1) is 5.92 Å². The molecule has 0 unspecified atom stereocenters. The van der Waals surface area contributed by atoms with E-state index >= 15 is 0 Å². The lowest BCUT2D eigenvalue weighted by molar-refractivity contribution is -0.132. The molecule has 0 radical (unpaired) electrons. The number of amides is 1. The minimum absolute atomic E-state index is 0.329. The summed E-state index contributed by atoms with van der Waals surface area (Å²) < 4.78 is 0. The molecule has 0 aromatic heterocycles. The quantitative estimate of drug-likeness (QED) is 0.705. The summed E-state index contributed by atoms with van der Waals surface area (Å²) in [7, 11) is 0. The third-order valence-corrected chi connectivity index (χ3v) is 2.69. The predicted octanol–water partition coefficient (Wildman–Crippen LogP) is 0.854. The number of hydrogen-bond donors (Lipinski definition) is 1. The zero-order valence-electron chi connectivity index (χ0n) is 8.68. The van der Waals surface area contributed by atoms with Gasteiger partial charge in [-0.1, -0.05) is 20.3 Å². The number of rotatable bonds is 3. The summed E-state index contributed by atoms with van der Waals surface area (Å²) in [5.74, 6) is 0.859. The average Bonchev–Trinajstić information content (AvgIpc) is 2.19. The summed E-state index contributed by atoms with van der Waals surface area (Å²) in [4.78, 5) is 13.6. The molecule has 0 aromatic carbocycles. The third kappa shape index (κ3) is 3.35. The van der Waals surface area contributed by atoms with Gasteiger partial charge < -0.3 is 10.2 Å². The average molecular weight is 184 g/mol. The van der Waals surface area contributed by atoms with Crippen molar-refractivity contribution in [3.05, 3.63) is 0 Å². The lowest BCUT2D eigenvalue weighted by Crippen LogP contribution is -2.46. The molecule has 1 rings (SSSR count). The van der Waals surface area contributed by atoms with Crippen LogP contribution in [0.1, 0.15) is 26.7 Å². The lowest BCUT2D eigenvalue weighted by Gasteiger charge is -2.28. The van der Waals surface area contributed by atoms with E-state index in [9.17, 15) is 4.79 Å². The molecule has 1 atom stereocenters. The normalized spacial score (nSPS) is 20.0. The van der Waals surface area contributed by atoms with Crippen molar-refractivity contribution in [3.63, 3.8) is 0 Å². The highest BCUT2D eigenvalue weighted by atomic mass is 16.2. The van der Waals surface area contributed by atoms with Crippen LogP contribution < -0.4 is 5.32 Å². The Labute approximate surface area is 80.5 Å². The van der Waals surface area contributed by atoms with Crippen molar-refractivity contribution in [2.45, 2.75) is 26.7 Å². The van der Waals surface area contributed by atoms with Crippen LogP contribution in [0.15, 0.2) is 0 Å². The second-order valence-corrected chi connectivity index (χ2v) is 3.85. The topological polar surface area (TPSA) is 32.3 Å². The molecule has 1 fully saturated rings. The summed E-state index contributed by atoms with van der Waals surface area (Å²) in [5.41, 5.74) is 0. The third-order valence-electron chi connectivity index (χ3n) is 2.69. The van der Waals surface area contributed by atoms with Crippen LogP contribution in [0.2, 0.25) is 0 Å². The van der Waals surface area contributed by atoms with E-state index in [4.69, 9.17) is 0 Å². The Kier molecular flexibility index (Phi) is 4.22. The molecule has 0 bridgehead atoms. The number of piperazine rings is 1. The van der Waals surface area contributed by atoms with E-state index in [1.165, 1.54) is 0 Å². The predicted molar refractivity (Wildman–Crippen MR) is 53.5 cm³/mol. The molecule has 0 spiro atoms. The summed E-state index contributed by atoms with van der Waals surface area (Å²) in [5, 5.41) is 3.24. The van der Waals surface area contributed by atoms with Crippen LogP contribution in [0.5, 0.6) is 0 Å². The first-order valence-electron chi connectivity index (χ1n) is 5.22. The van der Waals surface area contributed by atoms with E-state index in [-0.39, 0.29) is 0 Å². The molecule has 0 saturated carbocycles. The molecule has 1 aliphatic rings. The summed E-state index contributed by atoms with van der Waals surface area (Å²) >= 11 is 0. The molecule has 1 saturated heterocycles. The van der Waals surface area contributed by atoms with Crippen molar-refractivity contribution >= 4 is 5.91 Å². The molecule has 76 valence electrons. The van der Waals surface area contributed by atoms with E-state index < -0.39 is 0 Å². The number of nitrogens with one attached hydrogen (secondary N) is 1. The van der Waals surface area contributed by atoms with Crippen LogP contribution in [0.4, 0.5) is 0 Å². The van der Waals surface area contributed by atoms with Gasteiger partial charge >= 0.3 is 0 Å². The molecule has 1 amide bonds. The van der Waals surface area contributed by atoms with Crippen molar-refractivity contribution in [2.24, 2.45) is 5.92 Å². The standard InChI is InChI=1S/C10H20N2O/c1-3-9(2)8-10(13)12-6-4-11-5-7-12/h9,11H,3-8H2,1-2H3/t9-/m1/s1. The van der Waals surface area contributed by atoms with Gasteiger partial charge in [0.05, 0.1) is 0 Å². The molecule has 0 aromatic rings. The van der Waals surface area contributed by atoms with Crippen LogP contribution in [-0.4, -0.2) is 37.0 Å². The maximum Gasteiger partial charge on any atom is 0.222 e. The molecule has 1 heterocycles. The zero-order valence-corrected chi connectivity index (χ0v) is 8.68. The fourth-order valence-electron chi connectivity index (χ4n) is 1.49. The summed E-state index contributed by atoms with van der Waals surface area (Å²) in [6.45, 7) is 7.94. The molecular weight excluding hydrogens is 164 g/mol. The van der Waals surface area contributed by atoms with Crippen LogP contribution in [0.3, 0.4) is 0 Å². The summed E-state index contributed by atoms with van der Waals surface area (Å²) in [6, 6.07) is 0. The number of carbonyl (C=O) groups is 1. The second-order valence-electron chi connectivity index (χ2n) is 3.85. The zero-order chi connectivity index (χ0) is 9.68. The second kappa shape index (κ2) is 5.22. The Balaban J connectivity index is 2.29. The van der Waals surface area contributed by atoms with Gasteiger partial charge in [0.2, 0.25) is 5.91 Å². The van der Waals surface area contributed by atoms with Crippen molar-refractivity contribution < 1.29 is 4.79 Å². The fourth-order valence-corrected chi connectivity index (χ4v) is 1.49. The van der Waals surface area contributed by atoms with E-state index in [2.05, 4.69) is 19.2 Å². The minimum atomic E-state index is 0.329. The highest BCUT2D eigenvalue weighted by Crippen LogP contribution is 2.09. The lowest BCUT2D eigenvalue weighted by atomic mass is 10.0. The van der Waals surface area contributed by atoms with E-state index in [0.717, 1.165) is 39.0 Å². The first kappa shape index (κ1) is 10.5. The Morgan fingerprint density at radius 1 is 1.46 bits per heavy atom. The van der Waals surface area contributed by atoms with Gasteiger partial charge in [0.1, 0.15) is 0 Å². The largest absolute Gasteiger partial charge is 0.340 e. The van der Waals surface area contributed by atoms with Crippen molar-refractivity contribution in [2.75, 3.05) is 26.2 Å². The molecule has 3 nitrogen and oxygen atoms in total. The van der Waals surface area contributed by atoms with Gasteiger partial charge in [-0.05, 0) is 5.92 Å². The Morgan fingerprint density at radius 2 is 2.08 bits per heavy atom. The van der Waals surface area contributed by atoms with E-state index in [1.807, 2.05) is 4.90 Å². The van der Waals surface area contributed by atoms with Gasteiger partial charge in [0.25, 0.3) is 0 Å². The highest BCUT2D eigenvalue weighted by Gasteiger charge is 2.17. The monoisotopic (exact) mass is 184 g/mol. The number of hydrogen-bond acceptors (Lipinski definition) is 2. The smallest absolute Gasteiger partial charge is 0.222 e. The van der Waals surface area contributed by atoms with Crippen LogP contribution in [-0.2, 0) is 4.79 Å². The summed E-state index contributed by atoms with van der Waals surface area (Å²) in [6.07, 6.45) is 1.81. The number of carbonyl (C=O) groups excluding carboxylic acids is 1. The van der Waals surface area contributed by atoms with Gasteiger partial charge in [0.15, 0.2) is 0 Å². The molecule has 3 heteroatoms. The maximum atomic E-state index is 11.7. The Bertz CT molecular complexity index is 164. The molecule has 13 heavy (non-hydrogen) atoms. The van der Waals surface area contributed by atoms with Gasteiger partial charge in [-0.25, -0.2) is 0 Å². The first-order chi connectivity index (χ1) is 6.24. The van der Waals surface area contributed by atoms with Crippen LogP contribution in [0.25, 0.3) is 0 Å². The van der Waals surface area contributed by atoms with Crippen molar-refractivity contribution in [1.82, 2.24) is 10.2 Å². The van der Waals surface area contributed by atoms with E-state index in [1.54, 1.807) is 0 Å². The van der Waals surface area contributed by atoms with Gasteiger partial charge in [0, 0.05) is 32.6 Å². The fraction of sp³-hybridized carbons (Fsp3) is 0.900. The Hall–Kier alpha value is -0.570. The molecule has 1 aliphatic heterocycles. The number of nitrogens with zero attached hydrogens (tertiary/aromatic N) is 1. The van der Waals surface area contributed by atoms with Crippen molar-refractivity contribution in [1.29, 1.82) is 0 Å². The highest BCUT2D eigenvalue weighted by molar-refractivity contribution is 5.76. The van der Waals surface area contributed by atoms with Gasteiger partial charge in [-0.3, -0.25) is 4.79 Å². The molecule has 1 N–H and O–H groups in total. The molecular formula is C10H20N2O. The molecule has 0 aliphatic carbocycles. The van der Waals surface area contributed by atoms with Crippen LogP contribution >= 0.6 is 0 Å².